The number of halogens is 1. The van der Waals surface area contributed by atoms with Crippen LogP contribution in [0.4, 0.5) is 0 Å². The van der Waals surface area contributed by atoms with Crippen molar-refractivity contribution in [1.29, 1.82) is 0 Å². The smallest absolute Gasteiger partial charge is 0.241 e. The summed E-state index contributed by atoms with van der Waals surface area (Å²) in [7, 11) is 0. The number of hydrogen-bond donors (Lipinski definition) is 2. The van der Waals surface area contributed by atoms with Crippen LogP contribution in [0.5, 0.6) is 0 Å². The first kappa shape index (κ1) is 14.0. The lowest BCUT2D eigenvalue weighted by Gasteiger charge is -2.12. The van der Waals surface area contributed by atoms with E-state index < -0.39 is 6.04 Å². The first-order valence-corrected chi connectivity index (χ1v) is 5.85. The molecule has 1 aliphatic rings. The Kier molecular flexibility index (Phi) is 5.45. The predicted molar refractivity (Wildman–Crippen MR) is 71.0 cm³/mol. The zero-order chi connectivity index (χ0) is 11.4. The monoisotopic (exact) mass is 254 g/mol. The quantitative estimate of drug-likeness (QED) is 0.845. The van der Waals surface area contributed by atoms with Gasteiger partial charge in [0.2, 0.25) is 5.91 Å². The Balaban J connectivity index is 0.00000144. The number of benzene rings is 1. The maximum Gasteiger partial charge on any atom is 0.241 e. The average molecular weight is 255 g/mol. The number of rotatable bonds is 5. The summed E-state index contributed by atoms with van der Waals surface area (Å²) in [6.07, 6.45) is 3.73. The van der Waals surface area contributed by atoms with Crippen LogP contribution < -0.4 is 11.1 Å². The minimum atomic E-state index is -0.541. The van der Waals surface area contributed by atoms with E-state index in [0.717, 1.165) is 24.4 Å². The molecular weight excluding hydrogens is 236 g/mol. The number of amides is 1. The van der Waals surface area contributed by atoms with Gasteiger partial charge in [0, 0.05) is 6.54 Å². The van der Waals surface area contributed by atoms with E-state index in [1.807, 2.05) is 30.3 Å². The number of nitrogens with two attached hydrogens (primary N) is 1. The van der Waals surface area contributed by atoms with Crippen LogP contribution in [0.25, 0.3) is 0 Å². The van der Waals surface area contributed by atoms with Crippen molar-refractivity contribution in [3.63, 3.8) is 0 Å². The molecule has 2 rings (SSSR count). The van der Waals surface area contributed by atoms with Crippen LogP contribution in [0.1, 0.15) is 30.9 Å². The minimum Gasteiger partial charge on any atom is -0.354 e. The molecule has 0 spiro atoms. The molecule has 1 aliphatic carbocycles. The van der Waals surface area contributed by atoms with Crippen LogP contribution in [-0.4, -0.2) is 12.5 Å². The van der Waals surface area contributed by atoms with Crippen LogP contribution in [-0.2, 0) is 4.79 Å². The molecule has 1 amide bonds. The normalized spacial score (nSPS) is 15.8. The van der Waals surface area contributed by atoms with Crippen molar-refractivity contribution >= 4 is 18.3 Å². The highest BCUT2D eigenvalue weighted by Gasteiger charge is 2.21. The summed E-state index contributed by atoms with van der Waals surface area (Å²) in [5.41, 5.74) is 6.73. The van der Waals surface area contributed by atoms with Crippen molar-refractivity contribution in [1.82, 2.24) is 5.32 Å². The van der Waals surface area contributed by atoms with Gasteiger partial charge in [-0.2, -0.15) is 0 Å². The fraction of sp³-hybridized carbons (Fsp3) is 0.462. The third-order valence-electron chi connectivity index (χ3n) is 2.99. The Bertz CT molecular complexity index is 352. The average Bonchev–Trinajstić information content (AvgIpc) is 3.13. The lowest BCUT2D eigenvalue weighted by Crippen LogP contribution is -2.34. The Hall–Kier alpha value is -1.06. The van der Waals surface area contributed by atoms with Crippen molar-refractivity contribution < 1.29 is 4.79 Å². The van der Waals surface area contributed by atoms with Crippen molar-refractivity contribution in [3.05, 3.63) is 35.9 Å². The van der Waals surface area contributed by atoms with Gasteiger partial charge < -0.3 is 11.1 Å². The van der Waals surface area contributed by atoms with Gasteiger partial charge >= 0.3 is 0 Å². The minimum absolute atomic E-state index is 0. The number of nitrogens with one attached hydrogen (secondary N) is 1. The van der Waals surface area contributed by atoms with E-state index >= 15 is 0 Å². The number of carbonyl (C=O) groups is 1. The second kappa shape index (κ2) is 6.62. The molecule has 0 bridgehead atoms. The maximum atomic E-state index is 11.7. The zero-order valence-corrected chi connectivity index (χ0v) is 10.6. The fourth-order valence-electron chi connectivity index (χ4n) is 1.73. The van der Waals surface area contributed by atoms with E-state index in [1.54, 1.807) is 0 Å². The molecule has 3 nitrogen and oxygen atoms in total. The van der Waals surface area contributed by atoms with Gasteiger partial charge in [0.25, 0.3) is 0 Å². The van der Waals surface area contributed by atoms with Crippen LogP contribution >= 0.6 is 12.4 Å². The van der Waals surface area contributed by atoms with E-state index in [-0.39, 0.29) is 18.3 Å². The van der Waals surface area contributed by atoms with Gasteiger partial charge in [0.1, 0.15) is 6.04 Å². The van der Waals surface area contributed by atoms with Gasteiger partial charge in [-0.1, -0.05) is 43.2 Å². The third-order valence-corrected chi connectivity index (χ3v) is 2.99. The number of hydrogen-bond acceptors (Lipinski definition) is 2. The molecule has 0 radical (unpaired) electrons. The summed E-state index contributed by atoms with van der Waals surface area (Å²) in [5.74, 6) is 0.764. The van der Waals surface area contributed by atoms with Gasteiger partial charge in [0.15, 0.2) is 0 Å². The van der Waals surface area contributed by atoms with Gasteiger partial charge in [-0.3, -0.25) is 4.79 Å². The summed E-state index contributed by atoms with van der Waals surface area (Å²) in [4.78, 5) is 11.7. The van der Waals surface area contributed by atoms with E-state index in [4.69, 9.17) is 5.73 Å². The van der Waals surface area contributed by atoms with Crippen molar-refractivity contribution in [2.24, 2.45) is 11.7 Å². The standard InChI is InChI=1S/C13H18N2O.ClH/c14-12(11-4-2-1-3-5-11)13(16)15-9-8-10-6-7-10;/h1-5,10,12H,6-9,14H2,(H,15,16);1H. The van der Waals surface area contributed by atoms with Gasteiger partial charge in [0.05, 0.1) is 0 Å². The Labute approximate surface area is 108 Å². The molecule has 1 saturated carbocycles. The Morgan fingerprint density at radius 3 is 2.59 bits per heavy atom. The molecule has 17 heavy (non-hydrogen) atoms. The molecule has 0 saturated heterocycles. The second-order valence-electron chi connectivity index (χ2n) is 4.41. The first-order valence-electron chi connectivity index (χ1n) is 5.85. The molecular formula is C13H19ClN2O. The Morgan fingerprint density at radius 1 is 1.35 bits per heavy atom. The molecule has 1 atom stereocenters. The molecule has 1 aromatic rings. The van der Waals surface area contributed by atoms with Crippen LogP contribution in [0.2, 0.25) is 0 Å². The summed E-state index contributed by atoms with van der Waals surface area (Å²) in [6, 6.07) is 8.93. The van der Waals surface area contributed by atoms with Crippen molar-refractivity contribution in [2.75, 3.05) is 6.54 Å². The second-order valence-corrected chi connectivity index (χ2v) is 4.41. The molecule has 1 unspecified atom stereocenters. The number of carbonyl (C=O) groups excluding carboxylic acids is 1. The molecule has 94 valence electrons. The summed E-state index contributed by atoms with van der Waals surface area (Å²) in [5, 5.41) is 2.89. The molecule has 1 fully saturated rings. The maximum absolute atomic E-state index is 11.7. The molecule has 1 aromatic carbocycles. The van der Waals surface area contributed by atoms with Crippen molar-refractivity contribution in [2.45, 2.75) is 25.3 Å². The molecule has 0 aromatic heterocycles. The predicted octanol–water partition coefficient (Wildman–Crippen LogP) is 2.02. The topological polar surface area (TPSA) is 55.1 Å². The Morgan fingerprint density at radius 2 is 2.00 bits per heavy atom. The lowest BCUT2D eigenvalue weighted by molar-refractivity contribution is -0.122. The largest absolute Gasteiger partial charge is 0.354 e. The van der Waals surface area contributed by atoms with Crippen molar-refractivity contribution in [3.8, 4) is 0 Å². The highest BCUT2D eigenvalue weighted by molar-refractivity contribution is 5.85. The summed E-state index contributed by atoms with van der Waals surface area (Å²) < 4.78 is 0. The van der Waals surface area contributed by atoms with E-state index in [2.05, 4.69) is 5.32 Å². The lowest BCUT2D eigenvalue weighted by atomic mass is 10.1. The van der Waals surface area contributed by atoms with E-state index in [0.29, 0.717) is 0 Å². The third kappa shape index (κ3) is 4.36. The zero-order valence-electron chi connectivity index (χ0n) is 9.76. The first-order chi connectivity index (χ1) is 7.77. The van der Waals surface area contributed by atoms with Crippen LogP contribution in [0.15, 0.2) is 30.3 Å². The fourth-order valence-corrected chi connectivity index (χ4v) is 1.73. The van der Waals surface area contributed by atoms with Crippen LogP contribution in [0, 0.1) is 5.92 Å². The molecule has 3 N–H and O–H groups in total. The SMILES string of the molecule is Cl.NC(C(=O)NCCC1CC1)c1ccccc1. The van der Waals surface area contributed by atoms with Crippen LogP contribution in [0.3, 0.4) is 0 Å². The van der Waals surface area contributed by atoms with E-state index in [9.17, 15) is 4.79 Å². The summed E-state index contributed by atoms with van der Waals surface area (Å²) >= 11 is 0. The van der Waals surface area contributed by atoms with Gasteiger partial charge in [-0.25, -0.2) is 0 Å². The van der Waals surface area contributed by atoms with E-state index in [1.165, 1.54) is 12.8 Å². The summed E-state index contributed by atoms with van der Waals surface area (Å²) in [6.45, 7) is 0.754. The highest BCUT2D eigenvalue weighted by Crippen LogP contribution is 2.31. The van der Waals surface area contributed by atoms with Gasteiger partial charge in [-0.15, -0.1) is 12.4 Å². The molecule has 0 aliphatic heterocycles. The molecule has 0 heterocycles. The van der Waals surface area contributed by atoms with Gasteiger partial charge in [-0.05, 0) is 17.9 Å². The molecule has 4 heteroatoms. The highest BCUT2D eigenvalue weighted by atomic mass is 35.5.